The average molecular weight is 254 g/mol. The van der Waals surface area contributed by atoms with E-state index in [0.717, 1.165) is 17.0 Å². The number of hydrogen-bond donors (Lipinski definition) is 2. The van der Waals surface area contributed by atoms with Crippen LogP contribution in [0.15, 0.2) is 42.6 Å². The molecule has 2 aromatic heterocycles. The van der Waals surface area contributed by atoms with Crippen molar-refractivity contribution in [2.45, 2.75) is 6.42 Å². The minimum Gasteiger partial charge on any atom is -0.491 e. The third-order valence-electron chi connectivity index (χ3n) is 2.82. The molecule has 5 heteroatoms. The number of nitrogens with one attached hydrogen (secondary N) is 1. The predicted molar refractivity (Wildman–Crippen MR) is 73.9 cm³/mol. The van der Waals surface area contributed by atoms with Gasteiger partial charge in [-0.15, -0.1) is 0 Å². The van der Waals surface area contributed by atoms with Gasteiger partial charge in [0.2, 0.25) is 0 Å². The van der Waals surface area contributed by atoms with E-state index in [-0.39, 0.29) is 0 Å². The molecule has 2 heterocycles. The van der Waals surface area contributed by atoms with Crippen molar-refractivity contribution in [1.29, 1.82) is 0 Å². The molecule has 0 bridgehead atoms. The molecule has 3 rings (SSSR count). The summed E-state index contributed by atoms with van der Waals surface area (Å²) < 4.78 is 5.63. The Morgan fingerprint density at radius 2 is 2.05 bits per heavy atom. The highest BCUT2D eigenvalue weighted by Gasteiger charge is 2.04. The number of para-hydroxylation sites is 2. The van der Waals surface area contributed by atoms with Crippen LogP contribution in [0.1, 0.15) is 5.82 Å². The maximum absolute atomic E-state index is 5.80. The van der Waals surface area contributed by atoms with Crippen molar-refractivity contribution >= 4 is 16.9 Å². The minimum atomic E-state index is 0.522. The van der Waals surface area contributed by atoms with Crippen LogP contribution in [0, 0.1) is 0 Å². The van der Waals surface area contributed by atoms with Gasteiger partial charge in [0.15, 0.2) is 5.65 Å². The third-order valence-corrected chi connectivity index (χ3v) is 2.82. The standard InChI is InChI=1S/C14H14N4O/c15-10-4-1-2-6-12(10)19-9-7-13-17-11-5-3-8-16-14(11)18-13/h1-6,8H,7,9,15H2,(H,16,17,18). The van der Waals surface area contributed by atoms with Crippen LogP contribution < -0.4 is 10.5 Å². The molecule has 0 saturated carbocycles. The highest BCUT2D eigenvalue weighted by atomic mass is 16.5. The summed E-state index contributed by atoms with van der Waals surface area (Å²) in [6.45, 7) is 0.522. The van der Waals surface area contributed by atoms with Gasteiger partial charge < -0.3 is 15.5 Å². The molecule has 0 aliphatic rings. The van der Waals surface area contributed by atoms with Crippen LogP contribution in [-0.4, -0.2) is 21.6 Å². The van der Waals surface area contributed by atoms with Gasteiger partial charge in [-0.1, -0.05) is 12.1 Å². The third kappa shape index (κ3) is 2.49. The smallest absolute Gasteiger partial charge is 0.177 e. The normalized spacial score (nSPS) is 10.7. The first-order chi connectivity index (χ1) is 9.33. The van der Waals surface area contributed by atoms with Crippen LogP contribution in [0.3, 0.4) is 0 Å². The van der Waals surface area contributed by atoms with Crippen LogP contribution in [-0.2, 0) is 6.42 Å². The van der Waals surface area contributed by atoms with Crippen LogP contribution in [0.5, 0.6) is 5.75 Å². The molecular weight excluding hydrogens is 240 g/mol. The maximum atomic E-state index is 5.80. The first kappa shape index (κ1) is 11.5. The number of nitrogens with two attached hydrogens (primary N) is 1. The quantitative estimate of drug-likeness (QED) is 0.699. The topological polar surface area (TPSA) is 76.8 Å². The number of anilines is 1. The van der Waals surface area contributed by atoms with Crippen molar-refractivity contribution in [1.82, 2.24) is 15.0 Å². The van der Waals surface area contributed by atoms with Crippen molar-refractivity contribution in [2.75, 3.05) is 12.3 Å². The molecule has 0 saturated heterocycles. The van der Waals surface area contributed by atoms with E-state index in [4.69, 9.17) is 10.5 Å². The molecule has 0 aliphatic heterocycles. The Morgan fingerprint density at radius 3 is 2.89 bits per heavy atom. The second-order valence-electron chi connectivity index (χ2n) is 4.19. The molecule has 19 heavy (non-hydrogen) atoms. The van der Waals surface area contributed by atoms with Gasteiger partial charge in [0.05, 0.1) is 17.8 Å². The van der Waals surface area contributed by atoms with Gasteiger partial charge in [-0.3, -0.25) is 0 Å². The SMILES string of the molecule is Nc1ccccc1OCCc1nc2ncccc2[nH]1. The molecule has 1 aromatic carbocycles. The first-order valence-electron chi connectivity index (χ1n) is 6.10. The Kier molecular flexibility index (Phi) is 3.02. The second kappa shape index (κ2) is 4.97. The molecular formula is C14H14N4O. The van der Waals surface area contributed by atoms with Crippen LogP contribution in [0.4, 0.5) is 5.69 Å². The summed E-state index contributed by atoms with van der Waals surface area (Å²) >= 11 is 0. The number of ether oxygens (including phenoxy) is 1. The number of aromatic nitrogens is 3. The van der Waals surface area contributed by atoms with Gasteiger partial charge >= 0.3 is 0 Å². The highest BCUT2D eigenvalue weighted by molar-refractivity contribution is 5.69. The number of nitrogen functional groups attached to an aromatic ring is 1. The van der Waals surface area contributed by atoms with Crippen molar-refractivity contribution in [3.63, 3.8) is 0 Å². The van der Waals surface area contributed by atoms with E-state index in [2.05, 4.69) is 15.0 Å². The summed E-state index contributed by atoms with van der Waals surface area (Å²) in [6.07, 6.45) is 2.42. The van der Waals surface area contributed by atoms with Crippen molar-refractivity contribution in [3.05, 3.63) is 48.4 Å². The van der Waals surface area contributed by atoms with Gasteiger partial charge in [-0.05, 0) is 24.3 Å². The van der Waals surface area contributed by atoms with E-state index >= 15 is 0 Å². The number of fused-ring (bicyclic) bond motifs is 1. The van der Waals surface area contributed by atoms with Gasteiger partial charge in [0, 0.05) is 12.6 Å². The summed E-state index contributed by atoms with van der Waals surface area (Å²) in [5.74, 6) is 1.57. The maximum Gasteiger partial charge on any atom is 0.177 e. The molecule has 3 aromatic rings. The van der Waals surface area contributed by atoms with E-state index in [9.17, 15) is 0 Å². The lowest BCUT2D eigenvalue weighted by molar-refractivity contribution is 0.321. The van der Waals surface area contributed by atoms with Crippen LogP contribution >= 0.6 is 0 Å². The molecule has 0 fully saturated rings. The van der Waals surface area contributed by atoms with Gasteiger partial charge in [0.1, 0.15) is 11.6 Å². The molecule has 0 aliphatic carbocycles. The number of aromatic amines is 1. The Bertz CT molecular complexity index is 659. The molecule has 0 spiro atoms. The Balaban J connectivity index is 1.65. The second-order valence-corrected chi connectivity index (χ2v) is 4.19. The predicted octanol–water partition coefficient (Wildman–Crippen LogP) is 2.16. The fourth-order valence-electron chi connectivity index (χ4n) is 1.88. The fraction of sp³-hybridized carbons (Fsp3) is 0.143. The summed E-state index contributed by atoms with van der Waals surface area (Å²) in [4.78, 5) is 11.8. The number of rotatable bonds is 4. The minimum absolute atomic E-state index is 0.522. The Labute approximate surface area is 110 Å². The number of pyridine rings is 1. The van der Waals surface area contributed by atoms with Crippen molar-refractivity contribution in [3.8, 4) is 5.75 Å². The summed E-state index contributed by atoms with van der Waals surface area (Å²) in [7, 11) is 0. The van der Waals surface area contributed by atoms with Gasteiger partial charge in [-0.25, -0.2) is 9.97 Å². The number of benzene rings is 1. The number of hydrogen-bond acceptors (Lipinski definition) is 4. The molecule has 96 valence electrons. The van der Waals surface area contributed by atoms with Crippen LogP contribution in [0.25, 0.3) is 11.2 Å². The lowest BCUT2D eigenvalue weighted by atomic mass is 10.3. The van der Waals surface area contributed by atoms with E-state index in [0.29, 0.717) is 24.5 Å². The van der Waals surface area contributed by atoms with E-state index in [1.54, 1.807) is 6.20 Å². The Morgan fingerprint density at radius 1 is 1.16 bits per heavy atom. The van der Waals surface area contributed by atoms with Crippen molar-refractivity contribution < 1.29 is 4.74 Å². The molecule has 0 radical (unpaired) electrons. The summed E-state index contributed by atoms with van der Waals surface area (Å²) in [6, 6.07) is 11.3. The molecule has 0 atom stereocenters. The van der Waals surface area contributed by atoms with E-state index < -0.39 is 0 Å². The van der Waals surface area contributed by atoms with Gasteiger partial charge in [0.25, 0.3) is 0 Å². The lowest BCUT2D eigenvalue weighted by Gasteiger charge is -2.07. The monoisotopic (exact) mass is 254 g/mol. The van der Waals surface area contributed by atoms with E-state index in [1.165, 1.54) is 0 Å². The molecule has 0 unspecified atom stereocenters. The van der Waals surface area contributed by atoms with E-state index in [1.807, 2.05) is 36.4 Å². The summed E-state index contributed by atoms with van der Waals surface area (Å²) in [5, 5.41) is 0. The zero-order valence-corrected chi connectivity index (χ0v) is 10.3. The average Bonchev–Trinajstić information content (AvgIpc) is 2.83. The molecule has 3 N–H and O–H groups in total. The van der Waals surface area contributed by atoms with Gasteiger partial charge in [-0.2, -0.15) is 0 Å². The number of H-pyrrole nitrogens is 1. The highest BCUT2D eigenvalue weighted by Crippen LogP contribution is 2.19. The number of imidazole rings is 1. The van der Waals surface area contributed by atoms with Crippen LogP contribution in [0.2, 0.25) is 0 Å². The lowest BCUT2D eigenvalue weighted by Crippen LogP contribution is -2.04. The Hall–Kier alpha value is -2.56. The number of nitrogens with zero attached hydrogens (tertiary/aromatic N) is 2. The molecule has 0 amide bonds. The first-order valence-corrected chi connectivity index (χ1v) is 6.10. The molecule has 5 nitrogen and oxygen atoms in total. The summed E-state index contributed by atoms with van der Waals surface area (Å²) in [5.41, 5.74) is 8.12. The largest absolute Gasteiger partial charge is 0.491 e. The van der Waals surface area contributed by atoms with Crippen molar-refractivity contribution in [2.24, 2.45) is 0 Å². The zero-order valence-electron chi connectivity index (χ0n) is 10.3. The fourth-order valence-corrected chi connectivity index (χ4v) is 1.88. The zero-order chi connectivity index (χ0) is 13.1.